The summed E-state index contributed by atoms with van der Waals surface area (Å²) in [6.07, 6.45) is 0. The van der Waals surface area contributed by atoms with E-state index in [2.05, 4.69) is 278 Å². The predicted molar refractivity (Wildman–Crippen MR) is 382 cm³/mol. The summed E-state index contributed by atoms with van der Waals surface area (Å²) in [7, 11) is 0. The van der Waals surface area contributed by atoms with Gasteiger partial charge in [0.15, 0.2) is 0 Å². The summed E-state index contributed by atoms with van der Waals surface area (Å²) in [6.45, 7) is 4.47. The van der Waals surface area contributed by atoms with Gasteiger partial charge in [0.2, 0.25) is 0 Å². The Labute approximate surface area is 530 Å². The van der Waals surface area contributed by atoms with E-state index in [1.807, 2.05) is 48.5 Å². The lowest BCUT2D eigenvalue weighted by atomic mass is 9.96. The first-order valence-electron chi connectivity index (χ1n) is 31.3. The summed E-state index contributed by atoms with van der Waals surface area (Å²) < 4.78 is 25.1. The van der Waals surface area contributed by atoms with Crippen molar-refractivity contribution in [2.45, 2.75) is 13.8 Å². The van der Waals surface area contributed by atoms with Crippen molar-refractivity contribution >= 4 is 122 Å². The fraction of sp³-hybridized carbons (Fsp3) is 0.0233. The summed E-state index contributed by atoms with van der Waals surface area (Å²) in [5.41, 5.74) is 26.9. The highest BCUT2D eigenvalue weighted by atomic mass is 16.3. The molecule has 0 aliphatic rings. The van der Waals surface area contributed by atoms with Crippen molar-refractivity contribution in [3.63, 3.8) is 0 Å². The number of fused-ring (bicyclic) bond motifs is 12. The van der Waals surface area contributed by atoms with E-state index < -0.39 is 0 Å². The minimum atomic E-state index is 0.870. The molecule has 0 fully saturated rings. The average molecular weight is 1180 g/mol. The van der Waals surface area contributed by atoms with Crippen molar-refractivity contribution in [3.8, 4) is 55.6 Å². The second kappa shape index (κ2) is 21.3. The lowest BCUT2D eigenvalue weighted by Gasteiger charge is -2.30. The van der Waals surface area contributed by atoms with Crippen molar-refractivity contribution in [3.05, 3.63) is 314 Å². The number of hydrogen-bond acceptors (Lipinski definition) is 6. The van der Waals surface area contributed by atoms with Crippen molar-refractivity contribution in [1.82, 2.24) is 0 Å². The molecule has 18 aromatic rings. The van der Waals surface area contributed by atoms with Crippen molar-refractivity contribution in [1.29, 1.82) is 0 Å². The van der Waals surface area contributed by atoms with Crippen LogP contribution in [0.1, 0.15) is 11.1 Å². The van der Waals surface area contributed by atoms with Crippen LogP contribution in [0.4, 0.5) is 34.1 Å². The Morgan fingerprint density at radius 1 is 0.196 bits per heavy atom. The van der Waals surface area contributed by atoms with Gasteiger partial charge >= 0.3 is 0 Å². The molecule has 0 aliphatic carbocycles. The topological polar surface area (TPSA) is 59.0 Å². The zero-order valence-corrected chi connectivity index (χ0v) is 50.4. The zero-order valence-electron chi connectivity index (χ0n) is 50.4. The van der Waals surface area contributed by atoms with Crippen molar-refractivity contribution in [2.75, 3.05) is 9.80 Å². The number of anilines is 6. The summed E-state index contributed by atoms with van der Waals surface area (Å²) in [5, 5.41) is 8.83. The van der Waals surface area contributed by atoms with Gasteiger partial charge in [-0.25, -0.2) is 0 Å². The fourth-order valence-electron chi connectivity index (χ4n) is 14.0. The first kappa shape index (κ1) is 53.0. The van der Waals surface area contributed by atoms with Crippen LogP contribution in [0.5, 0.6) is 0 Å². The highest BCUT2D eigenvalue weighted by molar-refractivity contribution is 6.10. The molecule has 92 heavy (non-hydrogen) atoms. The van der Waals surface area contributed by atoms with Gasteiger partial charge in [-0.2, -0.15) is 0 Å². The minimum absolute atomic E-state index is 0.870. The molecule has 14 aromatic carbocycles. The monoisotopic (exact) mass is 1180 g/mol. The quantitative estimate of drug-likeness (QED) is 0.129. The normalized spacial score (nSPS) is 11.8. The molecule has 6 nitrogen and oxygen atoms in total. The number of rotatable bonds is 11. The molecule has 0 saturated carbocycles. The molecule has 0 amide bonds. The highest BCUT2D eigenvalue weighted by Crippen LogP contribution is 2.48. The van der Waals surface area contributed by atoms with E-state index in [0.29, 0.717) is 0 Å². The molecule has 6 heteroatoms. The maximum Gasteiger partial charge on any atom is 0.135 e. The molecule has 0 saturated heterocycles. The van der Waals surface area contributed by atoms with Gasteiger partial charge in [0.05, 0.1) is 11.4 Å². The Hall–Kier alpha value is -12.1. The van der Waals surface area contributed by atoms with Crippen LogP contribution in [-0.4, -0.2) is 0 Å². The first-order valence-corrected chi connectivity index (χ1v) is 31.3. The number of benzene rings is 14. The maximum absolute atomic E-state index is 6.33. The van der Waals surface area contributed by atoms with Crippen LogP contribution in [0.2, 0.25) is 0 Å². The third kappa shape index (κ3) is 8.86. The first-order chi connectivity index (χ1) is 45.4. The largest absolute Gasteiger partial charge is 0.456 e. The lowest BCUT2D eigenvalue weighted by molar-refractivity contribution is 0.668. The standard InChI is InChI=1S/C86H56N2O4/c1-53-47-57(31-41-75(53)87(63-37-27-55(28-38-63)59-33-43-83-71(49-59)67-17-5-11-23-79(67)89-83)77-21-9-3-15-65(77)61-35-45-85-73(51-61)69-19-7-13-25-81(69)91-85)58-32-42-76(54(2)48-58)88(64-39-29-56(30-40-64)60-34-44-84-72(50-60)68-18-6-12-24-80(68)90-84)78-22-10-4-16-66(78)62-36-46-86-74(52-62)70-20-8-14-26-82(70)92-86/h3-52H,1-2H3. The molecule has 0 unspecified atom stereocenters. The van der Waals surface area contributed by atoms with Crippen molar-refractivity contribution < 1.29 is 17.7 Å². The second-order valence-electron chi connectivity index (χ2n) is 24.0. The highest BCUT2D eigenvalue weighted by Gasteiger charge is 2.24. The molecule has 0 spiro atoms. The van der Waals surface area contributed by atoms with Gasteiger partial charge in [-0.05, 0) is 203 Å². The van der Waals surface area contributed by atoms with Gasteiger partial charge in [-0.15, -0.1) is 0 Å². The number of furan rings is 4. The van der Waals surface area contributed by atoms with Crippen LogP contribution in [0, 0.1) is 13.8 Å². The molecule has 0 bridgehead atoms. The third-order valence-corrected chi connectivity index (χ3v) is 18.5. The molecular formula is C86H56N2O4. The molecule has 0 aliphatic heterocycles. The van der Waals surface area contributed by atoms with Crippen LogP contribution in [0.3, 0.4) is 0 Å². The maximum atomic E-state index is 6.33. The third-order valence-electron chi connectivity index (χ3n) is 18.5. The summed E-state index contributed by atoms with van der Waals surface area (Å²) in [5.74, 6) is 0. The lowest BCUT2D eigenvalue weighted by Crippen LogP contribution is -2.13. The van der Waals surface area contributed by atoms with E-state index in [4.69, 9.17) is 17.7 Å². The Morgan fingerprint density at radius 3 is 0.804 bits per heavy atom. The van der Waals surface area contributed by atoms with E-state index in [0.717, 1.165) is 189 Å². The zero-order chi connectivity index (χ0) is 61.0. The van der Waals surface area contributed by atoms with E-state index in [-0.39, 0.29) is 0 Å². The SMILES string of the molecule is Cc1cc(-c2ccc(N(c3ccc(-c4ccc5oc6ccccc6c5c4)cc3)c3ccccc3-c3ccc4oc5ccccc5c4c3)c(C)c2)ccc1N(c1ccc(-c2ccc3oc4ccccc4c3c2)cc1)c1ccccc1-c1ccc2oc3ccccc3c2c1. The van der Waals surface area contributed by atoms with Gasteiger partial charge < -0.3 is 27.5 Å². The van der Waals surface area contributed by atoms with Crippen LogP contribution < -0.4 is 9.80 Å². The van der Waals surface area contributed by atoms with Crippen LogP contribution in [0.15, 0.2) is 321 Å². The van der Waals surface area contributed by atoms with E-state index in [9.17, 15) is 0 Å². The van der Waals surface area contributed by atoms with Gasteiger partial charge in [0.1, 0.15) is 44.7 Å². The summed E-state index contributed by atoms with van der Waals surface area (Å²) in [4.78, 5) is 4.84. The molecule has 4 aromatic heterocycles. The number of nitrogens with zero attached hydrogens (tertiary/aromatic N) is 2. The molecule has 0 atom stereocenters. The molecule has 18 rings (SSSR count). The smallest absolute Gasteiger partial charge is 0.135 e. The van der Waals surface area contributed by atoms with Gasteiger partial charge in [-0.3, -0.25) is 0 Å². The fourth-order valence-corrected chi connectivity index (χ4v) is 14.0. The van der Waals surface area contributed by atoms with Gasteiger partial charge in [-0.1, -0.05) is 170 Å². The van der Waals surface area contributed by atoms with Gasteiger partial charge in [0.25, 0.3) is 0 Å². The van der Waals surface area contributed by atoms with E-state index >= 15 is 0 Å². The Balaban J connectivity index is 0.737. The van der Waals surface area contributed by atoms with Crippen molar-refractivity contribution in [2.24, 2.45) is 0 Å². The van der Waals surface area contributed by atoms with Gasteiger partial charge in [0, 0.05) is 77.0 Å². The molecular weight excluding hydrogens is 1120 g/mol. The van der Waals surface area contributed by atoms with Crippen LogP contribution >= 0.6 is 0 Å². The summed E-state index contributed by atoms with van der Waals surface area (Å²) >= 11 is 0. The Bertz CT molecular complexity index is 5570. The number of hydrogen-bond donors (Lipinski definition) is 0. The molecule has 0 radical (unpaired) electrons. The molecule has 434 valence electrons. The molecule has 0 N–H and O–H groups in total. The second-order valence-corrected chi connectivity index (χ2v) is 24.0. The minimum Gasteiger partial charge on any atom is -0.456 e. The van der Waals surface area contributed by atoms with E-state index in [1.54, 1.807) is 0 Å². The Kier molecular flexibility index (Phi) is 12.3. The van der Waals surface area contributed by atoms with Crippen LogP contribution in [0.25, 0.3) is 143 Å². The van der Waals surface area contributed by atoms with E-state index in [1.165, 1.54) is 0 Å². The Morgan fingerprint density at radius 2 is 0.457 bits per heavy atom. The summed E-state index contributed by atoms with van der Waals surface area (Å²) in [6, 6.07) is 109. The van der Waals surface area contributed by atoms with Crippen LogP contribution in [-0.2, 0) is 0 Å². The average Bonchev–Trinajstić information content (AvgIpc) is 1.18. The number of para-hydroxylation sites is 6. The predicted octanol–water partition coefficient (Wildman–Crippen LogP) is 25.2. The number of aryl methyl sites for hydroxylation is 2. The molecule has 4 heterocycles.